The molecule has 12 heavy (non-hydrogen) atoms. The predicted octanol–water partition coefficient (Wildman–Crippen LogP) is 1.67. The SMILES string of the molecule is C#CCCOc1ccccc1N. The molecule has 0 bridgehead atoms. The van der Waals surface area contributed by atoms with E-state index in [-0.39, 0.29) is 0 Å². The number of terminal acetylenes is 1. The molecular weight excluding hydrogens is 150 g/mol. The van der Waals surface area contributed by atoms with Crippen LogP contribution in [0.15, 0.2) is 24.3 Å². The summed E-state index contributed by atoms with van der Waals surface area (Å²) >= 11 is 0. The molecule has 0 fully saturated rings. The van der Waals surface area contributed by atoms with Gasteiger partial charge in [0.25, 0.3) is 0 Å². The van der Waals surface area contributed by atoms with E-state index in [1.54, 1.807) is 6.07 Å². The van der Waals surface area contributed by atoms with Crippen LogP contribution in [0.4, 0.5) is 5.69 Å². The van der Waals surface area contributed by atoms with Crippen LogP contribution in [0.2, 0.25) is 0 Å². The zero-order valence-electron chi connectivity index (χ0n) is 6.79. The third-order valence-electron chi connectivity index (χ3n) is 1.42. The van der Waals surface area contributed by atoms with Gasteiger partial charge in [0, 0.05) is 6.42 Å². The van der Waals surface area contributed by atoms with Crippen LogP contribution in [-0.4, -0.2) is 6.61 Å². The van der Waals surface area contributed by atoms with E-state index in [0.717, 1.165) is 0 Å². The van der Waals surface area contributed by atoms with E-state index in [4.69, 9.17) is 16.9 Å². The van der Waals surface area contributed by atoms with E-state index >= 15 is 0 Å². The minimum absolute atomic E-state index is 0.519. The number of hydrogen-bond donors (Lipinski definition) is 1. The van der Waals surface area contributed by atoms with Gasteiger partial charge in [0.05, 0.1) is 12.3 Å². The average molecular weight is 161 g/mol. The van der Waals surface area contributed by atoms with Crippen LogP contribution in [0.25, 0.3) is 0 Å². The van der Waals surface area contributed by atoms with Crippen molar-refractivity contribution < 1.29 is 4.74 Å². The van der Waals surface area contributed by atoms with Gasteiger partial charge in [-0.3, -0.25) is 0 Å². The fourth-order valence-electron chi connectivity index (χ4n) is 0.832. The first-order valence-electron chi connectivity index (χ1n) is 3.75. The highest BCUT2D eigenvalue weighted by molar-refractivity contribution is 5.51. The van der Waals surface area contributed by atoms with Crippen LogP contribution in [0.1, 0.15) is 6.42 Å². The standard InChI is InChI=1S/C10H11NO/c1-2-3-8-12-10-7-5-4-6-9(10)11/h1,4-7H,3,8,11H2. The van der Waals surface area contributed by atoms with Crippen molar-refractivity contribution in [1.29, 1.82) is 0 Å². The quantitative estimate of drug-likeness (QED) is 0.416. The first kappa shape index (κ1) is 8.48. The van der Waals surface area contributed by atoms with Crippen molar-refractivity contribution in [2.75, 3.05) is 12.3 Å². The van der Waals surface area contributed by atoms with E-state index in [1.165, 1.54) is 0 Å². The third kappa shape index (κ3) is 2.21. The van der Waals surface area contributed by atoms with Crippen LogP contribution >= 0.6 is 0 Å². The zero-order valence-corrected chi connectivity index (χ0v) is 6.79. The van der Waals surface area contributed by atoms with Gasteiger partial charge >= 0.3 is 0 Å². The average Bonchev–Trinajstić information content (AvgIpc) is 2.09. The van der Waals surface area contributed by atoms with Gasteiger partial charge in [0.15, 0.2) is 0 Å². The molecule has 0 radical (unpaired) electrons. The second-order valence-corrected chi connectivity index (χ2v) is 2.34. The minimum atomic E-state index is 0.519. The molecule has 0 saturated heterocycles. The Hall–Kier alpha value is -1.62. The number of benzene rings is 1. The van der Waals surface area contributed by atoms with Gasteiger partial charge in [-0.2, -0.15) is 0 Å². The molecule has 0 atom stereocenters. The van der Waals surface area contributed by atoms with E-state index in [0.29, 0.717) is 24.5 Å². The Morgan fingerprint density at radius 1 is 1.42 bits per heavy atom. The smallest absolute Gasteiger partial charge is 0.142 e. The van der Waals surface area contributed by atoms with Crippen LogP contribution in [0.5, 0.6) is 5.75 Å². The van der Waals surface area contributed by atoms with Crippen molar-refractivity contribution in [3.05, 3.63) is 24.3 Å². The van der Waals surface area contributed by atoms with Gasteiger partial charge in [-0.25, -0.2) is 0 Å². The summed E-state index contributed by atoms with van der Waals surface area (Å²) in [5, 5.41) is 0. The number of nitrogens with two attached hydrogens (primary N) is 1. The molecule has 1 rings (SSSR count). The lowest BCUT2D eigenvalue weighted by Crippen LogP contribution is -1.98. The van der Waals surface area contributed by atoms with E-state index < -0.39 is 0 Å². The highest BCUT2D eigenvalue weighted by Crippen LogP contribution is 2.19. The van der Waals surface area contributed by atoms with E-state index in [2.05, 4.69) is 5.92 Å². The molecule has 2 N–H and O–H groups in total. The molecule has 0 aromatic heterocycles. The van der Waals surface area contributed by atoms with Crippen molar-refractivity contribution in [2.24, 2.45) is 0 Å². The molecule has 0 saturated carbocycles. The van der Waals surface area contributed by atoms with Crippen LogP contribution in [-0.2, 0) is 0 Å². The Balaban J connectivity index is 2.53. The topological polar surface area (TPSA) is 35.2 Å². The summed E-state index contributed by atoms with van der Waals surface area (Å²) in [6, 6.07) is 7.36. The molecule has 0 unspecified atom stereocenters. The normalized spacial score (nSPS) is 8.92. The molecule has 2 nitrogen and oxygen atoms in total. The number of rotatable bonds is 3. The fourth-order valence-corrected chi connectivity index (χ4v) is 0.832. The number of nitrogen functional groups attached to an aromatic ring is 1. The molecule has 0 amide bonds. The molecule has 0 aliphatic heterocycles. The Bertz CT molecular complexity index is 288. The Kier molecular flexibility index (Phi) is 3.04. The highest BCUT2D eigenvalue weighted by Gasteiger charge is 1.95. The second kappa shape index (κ2) is 4.30. The van der Waals surface area contributed by atoms with E-state index in [9.17, 15) is 0 Å². The molecule has 0 aliphatic carbocycles. The predicted molar refractivity (Wildman–Crippen MR) is 49.8 cm³/mol. The van der Waals surface area contributed by atoms with Crippen molar-refractivity contribution in [2.45, 2.75) is 6.42 Å². The summed E-state index contributed by atoms with van der Waals surface area (Å²) < 4.78 is 5.31. The van der Waals surface area contributed by atoms with Crippen LogP contribution < -0.4 is 10.5 Å². The monoisotopic (exact) mass is 161 g/mol. The summed E-state index contributed by atoms with van der Waals surface area (Å²) in [4.78, 5) is 0. The molecule has 0 heterocycles. The van der Waals surface area contributed by atoms with Gasteiger partial charge in [-0.1, -0.05) is 12.1 Å². The van der Waals surface area contributed by atoms with Gasteiger partial charge in [0.1, 0.15) is 5.75 Å². The lowest BCUT2D eigenvalue weighted by molar-refractivity contribution is 0.329. The first-order chi connectivity index (χ1) is 5.84. The maximum Gasteiger partial charge on any atom is 0.142 e. The lowest BCUT2D eigenvalue weighted by Gasteiger charge is -2.05. The Morgan fingerprint density at radius 2 is 2.17 bits per heavy atom. The summed E-state index contributed by atoms with van der Waals surface area (Å²) in [6.07, 6.45) is 5.67. The molecule has 0 aliphatic rings. The largest absolute Gasteiger partial charge is 0.490 e. The summed E-state index contributed by atoms with van der Waals surface area (Å²) in [6.45, 7) is 0.519. The van der Waals surface area contributed by atoms with Crippen molar-refractivity contribution in [3.63, 3.8) is 0 Å². The summed E-state index contributed by atoms with van der Waals surface area (Å²) in [7, 11) is 0. The number of para-hydroxylation sites is 2. The van der Waals surface area contributed by atoms with E-state index in [1.807, 2.05) is 18.2 Å². The van der Waals surface area contributed by atoms with Gasteiger partial charge < -0.3 is 10.5 Å². The number of ether oxygens (including phenoxy) is 1. The van der Waals surface area contributed by atoms with Gasteiger partial charge in [-0.05, 0) is 12.1 Å². The lowest BCUT2D eigenvalue weighted by atomic mass is 10.3. The second-order valence-electron chi connectivity index (χ2n) is 2.34. The van der Waals surface area contributed by atoms with Crippen molar-refractivity contribution in [3.8, 4) is 18.1 Å². The molecule has 62 valence electrons. The first-order valence-corrected chi connectivity index (χ1v) is 3.75. The fraction of sp³-hybridized carbons (Fsp3) is 0.200. The molecular formula is C10H11NO. The number of anilines is 1. The molecule has 1 aromatic carbocycles. The van der Waals surface area contributed by atoms with Crippen molar-refractivity contribution >= 4 is 5.69 Å². The highest BCUT2D eigenvalue weighted by atomic mass is 16.5. The van der Waals surface area contributed by atoms with Crippen LogP contribution in [0.3, 0.4) is 0 Å². The third-order valence-corrected chi connectivity index (χ3v) is 1.42. The van der Waals surface area contributed by atoms with Crippen molar-refractivity contribution in [1.82, 2.24) is 0 Å². The minimum Gasteiger partial charge on any atom is -0.490 e. The Labute approximate surface area is 72.3 Å². The molecule has 0 spiro atoms. The summed E-state index contributed by atoms with van der Waals surface area (Å²) in [5.41, 5.74) is 6.27. The Morgan fingerprint density at radius 3 is 2.83 bits per heavy atom. The van der Waals surface area contributed by atoms with Gasteiger partial charge in [0.2, 0.25) is 0 Å². The molecule has 1 aromatic rings. The van der Waals surface area contributed by atoms with Crippen LogP contribution in [0, 0.1) is 12.3 Å². The zero-order chi connectivity index (χ0) is 8.81. The number of hydrogen-bond acceptors (Lipinski definition) is 2. The van der Waals surface area contributed by atoms with Gasteiger partial charge in [-0.15, -0.1) is 12.3 Å². The maximum atomic E-state index is 5.63. The summed E-state index contributed by atoms with van der Waals surface area (Å²) in [5.74, 6) is 3.19. The molecule has 2 heteroatoms. The maximum absolute atomic E-state index is 5.63.